The molecule has 0 bridgehead atoms. The number of hydrogen-bond acceptors (Lipinski definition) is 1. The van der Waals surface area contributed by atoms with E-state index in [1.807, 2.05) is 50.2 Å². The Morgan fingerprint density at radius 3 is 2.53 bits per heavy atom. The lowest BCUT2D eigenvalue weighted by atomic mass is 10.1. The predicted molar refractivity (Wildman–Crippen MR) is 86.2 cm³/mol. The van der Waals surface area contributed by atoms with E-state index in [2.05, 4.69) is 34.0 Å². The van der Waals surface area contributed by atoms with Crippen molar-refractivity contribution < 1.29 is 4.79 Å². The molecule has 0 aromatic heterocycles. The van der Waals surface area contributed by atoms with Crippen LogP contribution in [0.15, 0.2) is 42.5 Å². The second-order valence-corrected chi connectivity index (χ2v) is 5.82. The molecule has 0 spiro atoms. The first-order valence-electron chi connectivity index (χ1n) is 6.16. The molecule has 0 aliphatic heterocycles. The summed E-state index contributed by atoms with van der Waals surface area (Å²) in [6.07, 6.45) is 0. The van der Waals surface area contributed by atoms with Crippen molar-refractivity contribution in [3.05, 3.63) is 68.3 Å². The Kier molecular flexibility index (Phi) is 4.58. The van der Waals surface area contributed by atoms with Crippen LogP contribution in [0.1, 0.15) is 27.0 Å². The van der Waals surface area contributed by atoms with E-state index >= 15 is 0 Å². The van der Waals surface area contributed by atoms with E-state index in [-0.39, 0.29) is 5.91 Å². The third-order valence-corrected chi connectivity index (χ3v) is 3.80. The van der Waals surface area contributed by atoms with Gasteiger partial charge in [-0.1, -0.05) is 41.5 Å². The SMILES string of the molecule is Cc1cccc(CNC(=O)c2ccc(C)cc2I)c1. The van der Waals surface area contributed by atoms with E-state index < -0.39 is 0 Å². The van der Waals surface area contributed by atoms with Crippen LogP contribution < -0.4 is 5.32 Å². The third kappa shape index (κ3) is 3.80. The molecule has 0 saturated carbocycles. The zero-order valence-corrected chi connectivity index (χ0v) is 13.2. The summed E-state index contributed by atoms with van der Waals surface area (Å²) >= 11 is 2.20. The van der Waals surface area contributed by atoms with E-state index in [4.69, 9.17) is 0 Å². The number of nitrogens with one attached hydrogen (secondary N) is 1. The molecular weight excluding hydrogens is 349 g/mol. The van der Waals surface area contributed by atoms with Crippen LogP contribution in [0.3, 0.4) is 0 Å². The maximum absolute atomic E-state index is 12.1. The molecule has 0 aliphatic rings. The van der Waals surface area contributed by atoms with Crippen molar-refractivity contribution in [2.24, 2.45) is 0 Å². The molecule has 0 aliphatic carbocycles. The fourth-order valence-corrected chi connectivity index (χ4v) is 2.82. The molecular formula is C16H16INO. The Balaban J connectivity index is 2.05. The molecule has 1 amide bonds. The number of carbonyl (C=O) groups excluding carboxylic acids is 1. The summed E-state index contributed by atoms with van der Waals surface area (Å²) in [7, 11) is 0. The summed E-state index contributed by atoms with van der Waals surface area (Å²) in [6.45, 7) is 4.63. The normalized spacial score (nSPS) is 10.3. The van der Waals surface area contributed by atoms with Crippen LogP contribution in [0.2, 0.25) is 0 Å². The highest BCUT2D eigenvalue weighted by molar-refractivity contribution is 14.1. The Hall–Kier alpha value is -1.36. The molecule has 0 unspecified atom stereocenters. The Morgan fingerprint density at radius 1 is 1.11 bits per heavy atom. The first-order chi connectivity index (χ1) is 9.06. The molecule has 2 rings (SSSR count). The number of hydrogen-bond donors (Lipinski definition) is 1. The lowest BCUT2D eigenvalue weighted by molar-refractivity contribution is 0.0950. The molecule has 2 aromatic carbocycles. The van der Waals surface area contributed by atoms with E-state index in [9.17, 15) is 4.79 Å². The molecule has 1 N–H and O–H groups in total. The van der Waals surface area contributed by atoms with E-state index in [1.54, 1.807) is 0 Å². The van der Waals surface area contributed by atoms with Gasteiger partial charge in [-0.3, -0.25) is 4.79 Å². The summed E-state index contributed by atoms with van der Waals surface area (Å²) in [5.74, 6) is -0.0223. The van der Waals surface area contributed by atoms with Gasteiger partial charge < -0.3 is 5.32 Å². The number of aryl methyl sites for hydroxylation is 2. The highest BCUT2D eigenvalue weighted by Crippen LogP contribution is 2.14. The van der Waals surface area contributed by atoms with E-state index in [0.29, 0.717) is 6.54 Å². The minimum atomic E-state index is -0.0223. The molecule has 19 heavy (non-hydrogen) atoms. The van der Waals surface area contributed by atoms with Crippen molar-refractivity contribution in [3.8, 4) is 0 Å². The maximum atomic E-state index is 12.1. The second-order valence-electron chi connectivity index (χ2n) is 4.66. The van der Waals surface area contributed by atoms with Gasteiger partial charge in [-0.2, -0.15) is 0 Å². The first kappa shape index (κ1) is 14.1. The van der Waals surface area contributed by atoms with Crippen LogP contribution >= 0.6 is 22.6 Å². The monoisotopic (exact) mass is 365 g/mol. The summed E-state index contributed by atoms with van der Waals surface area (Å²) in [5.41, 5.74) is 4.23. The Bertz CT molecular complexity index is 607. The fourth-order valence-electron chi connectivity index (χ4n) is 1.90. The molecule has 0 radical (unpaired) electrons. The second kappa shape index (κ2) is 6.19. The van der Waals surface area contributed by atoms with Gasteiger partial charge in [-0.15, -0.1) is 0 Å². The molecule has 0 atom stereocenters. The number of benzene rings is 2. The van der Waals surface area contributed by atoms with Gasteiger partial charge in [0.1, 0.15) is 0 Å². The van der Waals surface area contributed by atoms with E-state index in [1.165, 1.54) is 11.1 Å². The molecule has 2 nitrogen and oxygen atoms in total. The lowest BCUT2D eigenvalue weighted by Crippen LogP contribution is -2.23. The van der Waals surface area contributed by atoms with Gasteiger partial charge in [0.2, 0.25) is 0 Å². The van der Waals surface area contributed by atoms with Crippen molar-refractivity contribution in [2.75, 3.05) is 0 Å². The number of amides is 1. The van der Waals surface area contributed by atoms with Crippen LogP contribution in [0.25, 0.3) is 0 Å². The Labute approximate surface area is 127 Å². The number of carbonyl (C=O) groups is 1. The molecule has 3 heteroatoms. The van der Waals surface area contributed by atoms with Crippen molar-refractivity contribution in [1.82, 2.24) is 5.32 Å². The predicted octanol–water partition coefficient (Wildman–Crippen LogP) is 3.84. The largest absolute Gasteiger partial charge is 0.348 e. The number of rotatable bonds is 3. The van der Waals surface area contributed by atoms with Crippen LogP contribution in [0.5, 0.6) is 0 Å². The van der Waals surface area contributed by atoms with Gasteiger partial charge in [0.25, 0.3) is 5.91 Å². The van der Waals surface area contributed by atoms with Gasteiger partial charge in [0.05, 0.1) is 5.56 Å². The van der Waals surface area contributed by atoms with Crippen LogP contribution in [-0.2, 0) is 6.54 Å². The Morgan fingerprint density at radius 2 is 1.84 bits per heavy atom. The van der Waals surface area contributed by atoms with Crippen LogP contribution in [0.4, 0.5) is 0 Å². The van der Waals surface area contributed by atoms with Crippen molar-refractivity contribution in [2.45, 2.75) is 20.4 Å². The van der Waals surface area contributed by atoms with Gasteiger partial charge in [-0.25, -0.2) is 0 Å². The molecule has 0 saturated heterocycles. The van der Waals surface area contributed by atoms with Crippen molar-refractivity contribution >= 4 is 28.5 Å². The first-order valence-corrected chi connectivity index (χ1v) is 7.24. The molecule has 0 heterocycles. The van der Waals surface area contributed by atoms with Crippen molar-refractivity contribution in [3.63, 3.8) is 0 Å². The minimum absolute atomic E-state index is 0.0223. The molecule has 98 valence electrons. The van der Waals surface area contributed by atoms with Crippen LogP contribution in [0, 0.1) is 17.4 Å². The summed E-state index contributed by atoms with van der Waals surface area (Å²) in [6, 6.07) is 14.0. The highest BCUT2D eigenvalue weighted by atomic mass is 127. The maximum Gasteiger partial charge on any atom is 0.252 e. The summed E-state index contributed by atoms with van der Waals surface area (Å²) in [4.78, 5) is 12.1. The van der Waals surface area contributed by atoms with Gasteiger partial charge in [0, 0.05) is 10.1 Å². The smallest absolute Gasteiger partial charge is 0.252 e. The summed E-state index contributed by atoms with van der Waals surface area (Å²) < 4.78 is 0.986. The average molecular weight is 365 g/mol. The van der Waals surface area contributed by atoms with Gasteiger partial charge >= 0.3 is 0 Å². The van der Waals surface area contributed by atoms with Gasteiger partial charge in [0.15, 0.2) is 0 Å². The quantitative estimate of drug-likeness (QED) is 0.823. The summed E-state index contributed by atoms with van der Waals surface area (Å²) in [5, 5.41) is 2.96. The lowest BCUT2D eigenvalue weighted by Gasteiger charge is -2.08. The van der Waals surface area contributed by atoms with Crippen LogP contribution in [-0.4, -0.2) is 5.91 Å². The molecule has 2 aromatic rings. The molecule has 0 fully saturated rings. The average Bonchev–Trinajstić information content (AvgIpc) is 2.36. The van der Waals surface area contributed by atoms with Crippen molar-refractivity contribution in [1.29, 1.82) is 0 Å². The standard InChI is InChI=1S/C16H16INO/c1-11-4-3-5-13(8-11)10-18-16(19)14-7-6-12(2)9-15(14)17/h3-9H,10H2,1-2H3,(H,18,19). The third-order valence-electron chi connectivity index (χ3n) is 2.90. The highest BCUT2D eigenvalue weighted by Gasteiger charge is 2.09. The van der Waals surface area contributed by atoms with E-state index in [0.717, 1.165) is 14.7 Å². The fraction of sp³-hybridized carbons (Fsp3) is 0.188. The van der Waals surface area contributed by atoms with Gasteiger partial charge in [-0.05, 0) is 54.1 Å². The zero-order valence-electron chi connectivity index (χ0n) is 11.0. The minimum Gasteiger partial charge on any atom is -0.348 e. The number of halogens is 1. The zero-order chi connectivity index (χ0) is 13.8. The topological polar surface area (TPSA) is 29.1 Å².